The van der Waals surface area contributed by atoms with Crippen molar-refractivity contribution in [2.45, 2.75) is 6.42 Å². The van der Waals surface area contributed by atoms with Crippen LogP contribution in [-0.4, -0.2) is 27.6 Å². The summed E-state index contributed by atoms with van der Waals surface area (Å²) in [6.07, 6.45) is 2.65. The highest BCUT2D eigenvalue weighted by molar-refractivity contribution is 7.92. The van der Waals surface area contributed by atoms with Gasteiger partial charge in [-0.3, -0.25) is 9.52 Å². The fraction of sp³-hybridized carbons (Fsp3) is 0.300. The summed E-state index contributed by atoms with van der Waals surface area (Å²) < 4.78 is 24.5. The molecule has 16 heavy (non-hydrogen) atoms. The maximum Gasteiger partial charge on any atom is 0.229 e. The fourth-order valence-electron chi connectivity index (χ4n) is 1.81. The number of sulfonamides is 1. The van der Waals surface area contributed by atoms with Crippen LogP contribution in [0, 0.1) is 0 Å². The van der Waals surface area contributed by atoms with E-state index in [9.17, 15) is 13.2 Å². The SMILES string of the molecule is CS(=O)(=O)Nc1ccc2c(c1)CCN2C=O. The van der Waals surface area contributed by atoms with Crippen molar-refractivity contribution in [3.8, 4) is 0 Å². The molecule has 1 aliphatic rings. The predicted octanol–water partition coefficient (Wildman–Crippen LogP) is 0.577. The summed E-state index contributed by atoms with van der Waals surface area (Å²) in [6, 6.07) is 5.17. The molecule has 0 saturated carbocycles. The van der Waals surface area contributed by atoms with E-state index < -0.39 is 10.0 Å². The van der Waals surface area contributed by atoms with Crippen LogP contribution in [0.2, 0.25) is 0 Å². The second kappa shape index (κ2) is 3.79. The van der Waals surface area contributed by atoms with Gasteiger partial charge in [0.15, 0.2) is 0 Å². The first-order valence-electron chi connectivity index (χ1n) is 4.82. The van der Waals surface area contributed by atoms with Crippen LogP contribution in [0.3, 0.4) is 0 Å². The van der Waals surface area contributed by atoms with Crippen LogP contribution in [-0.2, 0) is 21.2 Å². The number of nitrogens with zero attached hydrogens (tertiary/aromatic N) is 1. The maximum atomic E-state index is 11.0. The Balaban J connectivity index is 2.31. The monoisotopic (exact) mass is 240 g/mol. The number of rotatable bonds is 3. The Kier molecular flexibility index (Phi) is 2.59. The van der Waals surface area contributed by atoms with E-state index in [1.54, 1.807) is 23.1 Å². The summed E-state index contributed by atoms with van der Waals surface area (Å²) >= 11 is 0. The molecule has 0 bridgehead atoms. The number of hydrogen-bond acceptors (Lipinski definition) is 3. The van der Waals surface area contributed by atoms with Gasteiger partial charge in [-0.2, -0.15) is 0 Å². The molecule has 86 valence electrons. The van der Waals surface area contributed by atoms with E-state index in [1.165, 1.54) is 0 Å². The molecule has 1 aromatic carbocycles. The van der Waals surface area contributed by atoms with E-state index in [4.69, 9.17) is 0 Å². The lowest BCUT2D eigenvalue weighted by Crippen LogP contribution is -2.17. The van der Waals surface area contributed by atoms with Crippen molar-refractivity contribution < 1.29 is 13.2 Å². The lowest BCUT2D eigenvalue weighted by molar-refractivity contribution is -0.107. The van der Waals surface area contributed by atoms with Crippen LogP contribution in [0.25, 0.3) is 0 Å². The third-order valence-corrected chi connectivity index (χ3v) is 3.05. The highest BCUT2D eigenvalue weighted by Crippen LogP contribution is 2.29. The topological polar surface area (TPSA) is 66.5 Å². The quantitative estimate of drug-likeness (QED) is 0.786. The zero-order valence-electron chi connectivity index (χ0n) is 8.80. The highest BCUT2D eigenvalue weighted by Gasteiger charge is 2.18. The molecule has 1 aromatic rings. The first-order chi connectivity index (χ1) is 7.49. The Morgan fingerprint density at radius 3 is 2.81 bits per heavy atom. The average Bonchev–Trinajstić information content (AvgIpc) is 2.57. The Morgan fingerprint density at radius 2 is 2.19 bits per heavy atom. The molecule has 0 aliphatic carbocycles. The number of hydrogen-bond donors (Lipinski definition) is 1. The van der Waals surface area contributed by atoms with Gasteiger partial charge in [0.05, 0.1) is 6.26 Å². The molecule has 0 saturated heterocycles. The molecule has 0 aromatic heterocycles. The van der Waals surface area contributed by atoms with Crippen LogP contribution in [0.1, 0.15) is 5.56 Å². The van der Waals surface area contributed by atoms with Crippen LogP contribution in [0.5, 0.6) is 0 Å². The van der Waals surface area contributed by atoms with Crippen molar-refractivity contribution >= 4 is 27.8 Å². The Morgan fingerprint density at radius 1 is 1.44 bits per heavy atom. The minimum atomic E-state index is -3.25. The Labute approximate surface area is 94.1 Å². The van der Waals surface area contributed by atoms with E-state index >= 15 is 0 Å². The zero-order valence-corrected chi connectivity index (χ0v) is 9.62. The van der Waals surface area contributed by atoms with Gasteiger partial charge in [0.2, 0.25) is 16.4 Å². The lowest BCUT2D eigenvalue weighted by Gasteiger charge is -2.10. The number of nitrogens with one attached hydrogen (secondary N) is 1. The van der Waals surface area contributed by atoms with Gasteiger partial charge in [-0.1, -0.05) is 0 Å². The van der Waals surface area contributed by atoms with Crippen molar-refractivity contribution in [3.63, 3.8) is 0 Å². The van der Waals surface area contributed by atoms with E-state index in [0.29, 0.717) is 12.2 Å². The first kappa shape index (κ1) is 10.9. The average molecular weight is 240 g/mol. The first-order valence-corrected chi connectivity index (χ1v) is 6.71. The number of fused-ring (bicyclic) bond motifs is 1. The third kappa shape index (κ3) is 2.16. The van der Waals surface area contributed by atoms with Gasteiger partial charge >= 0.3 is 0 Å². The van der Waals surface area contributed by atoms with Crippen LogP contribution in [0.15, 0.2) is 18.2 Å². The summed E-state index contributed by atoms with van der Waals surface area (Å²) in [7, 11) is -3.25. The van der Waals surface area contributed by atoms with Crippen molar-refractivity contribution in [3.05, 3.63) is 23.8 Å². The Hall–Kier alpha value is -1.56. The normalized spacial score (nSPS) is 14.7. The molecule has 0 spiro atoms. The fourth-order valence-corrected chi connectivity index (χ4v) is 2.37. The van der Waals surface area contributed by atoms with Crippen LogP contribution < -0.4 is 9.62 Å². The summed E-state index contributed by atoms with van der Waals surface area (Å²) in [4.78, 5) is 12.3. The van der Waals surface area contributed by atoms with Crippen molar-refractivity contribution in [2.75, 3.05) is 22.4 Å². The molecular formula is C10H12N2O3S. The molecule has 1 aliphatic heterocycles. The molecule has 1 heterocycles. The summed E-state index contributed by atoms with van der Waals surface area (Å²) in [5.74, 6) is 0. The summed E-state index contributed by atoms with van der Waals surface area (Å²) in [5.41, 5.74) is 2.38. The predicted molar refractivity (Wildman–Crippen MR) is 62.0 cm³/mol. The van der Waals surface area contributed by atoms with Crippen LogP contribution >= 0.6 is 0 Å². The number of benzene rings is 1. The van der Waals surface area contributed by atoms with Gasteiger partial charge in [-0.15, -0.1) is 0 Å². The van der Waals surface area contributed by atoms with E-state index in [2.05, 4.69) is 4.72 Å². The molecule has 1 N–H and O–H groups in total. The Bertz CT molecular complexity index is 525. The molecule has 1 amide bonds. The third-order valence-electron chi connectivity index (χ3n) is 2.44. The molecular weight excluding hydrogens is 228 g/mol. The number of amides is 1. The number of carbonyl (C=O) groups excluding carboxylic acids is 1. The highest BCUT2D eigenvalue weighted by atomic mass is 32.2. The van der Waals surface area contributed by atoms with Gasteiger partial charge in [0.1, 0.15) is 0 Å². The minimum absolute atomic E-state index is 0.536. The lowest BCUT2D eigenvalue weighted by atomic mass is 10.1. The molecule has 2 rings (SSSR count). The molecule has 5 nitrogen and oxygen atoms in total. The molecule has 0 unspecified atom stereocenters. The minimum Gasteiger partial charge on any atom is -0.314 e. The van der Waals surface area contributed by atoms with E-state index in [1.807, 2.05) is 0 Å². The second-order valence-electron chi connectivity index (χ2n) is 3.77. The van der Waals surface area contributed by atoms with Crippen molar-refractivity contribution in [2.24, 2.45) is 0 Å². The van der Waals surface area contributed by atoms with Gasteiger partial charge in [0.25, 0.3) is 0 Å². The molecule has 0 radical (unpaired) electrons. The zero-order chi connectivity index (χ0) is 11.8. The largest absolute Gasteiger partial charge is 0.314 e. The maximum absolute atomic E-state index is 11.0. The van der Waals surface area contributed by atoms with Crippen molar-refractivity contribution in [1.82, 2.24) is 0 Å². The summed E-state index contributed by atoms with van der Waals surface area (Å²) in [6.45, 7) is 0.654. The molecule has 0 fully saturated rings. The standard InChI is InChI=1S/C10H12N2O3S/c1-16(14,15)11-9-2-3-10-8(6-9)4-5-12(10)7-13/h2-3,6-7,11H,4-5H2,1H3. The van der Waals surface area contributed by atoms with E-state index in [0.717, 1.165) is 30.3 Å². The molecule has 0 atom stereocenters. The van der Waals surface area contributed by atoms with Gasteiger partial charge in [0, 0.05) is 17.9 Å². The van der Waals surface area contributed by atoms with Gasteiger partial charge < -0.3 is 4.90 Å². The number of carbonyl (C=O) groups is 1. The molecule has 6 heteroatoms. The van der Waals surface area contributed by atoms with E-state index in [-0.39, 0.29) is 0 Å². The number of anilines is 2. The smallest absolute Gasteiger partial charge is 0.229 e. The van der Waals surface area contributed by atoms with Gasteiger partial charge in [-0.25, -0.2) is 8.42 Å². The summed E-state index contributed by atoms with van der Waals surface area (Å²) in [5, 5.41) is 0. The van der Waals surface area contributed by atoms with Crippen LogP contribution in [0.4, 0.5) is 11.4 Å². The second-order valence-corrected chi connectivity index (χ2v) is 5.51. The van der Waals surface area contributed by atoms with Gasteiger partial charge in [-0.05, 0) is 30.2 Å². The van der Waals surface area contributed by atoms with Crippen molar-refractivity contribution in [1.29, 1.82) is 0 Å².